The van der Waals surface area contributed by atoms with Gasteiger partial charge in [-0.05, 0) is 42.2 Å². The zero-order chi connectivity index (χ0) is 18.1. The summed E-state index contributed by atoms with van der Waals surface area (Å²) in [5, 5.41) is 0. The van der Waals surface area contributed by atoms with Crippen molar-refractivity contribution >= 4 is 5.69 Å². The minimum atomic E-state index is -0.808. The molecule has 0 N–H and O–H groups in total. The molecule has 0 fully saturated rings. The molecule has 3 heterocycles. The minimum absolute atomic E-state index is 0.0451. The van der Waals surface area contributed by atoms with Crippen LogP contribution in [0.3, 0.4) is 0 Å². The molecule has 26 heavy (non-hydrogen) atoms. The zero-order valence-corrected chi connectivity index (χ0v) is 14.2. The molecule has 1 atom stereocenters. The van der Waals surface area contributed by atoms with Crippen LogP contribution in [0.4, 0.5) is 14.5 Å². The maximum Gasteiger partial charge on any atom is 0.197 e. The second kappa shape index (κ2) is 6.74. The molecule has 0 amide bonds. The number of rotatable bonds is 3. The van der Waals surface area contributed by atoms with Crippen molar-refractivity contribution in [3.63, 3.8) is 0 Å². The van der Waals surface area contributed by atoms with Gasteiger partial charge in [-0.1, -0.05) is 6.92 Å². The van der Waals surface area contributed by atoms with Crippen molar-refractivity contribution in [2.75, 3.05) is 11.4 Å². The van der Waals surface area contributed by atoms with Crippen LogP contribution in [0.5, 0.6) is 0 Å². The van der Waals surface area contributed by atoms with Gasteiger partial charge in [-0.25, -0.2) is 28.7 Å². The number of fused-ring (bicyclic) bond motifs is 1. The highest BCUT2D eigenvalue weighted by molar-refractivity contribution is 5.52. The molecule has 1 aromatic carbocycles. The quantitative estimate of drug-likeness (QED) is 0.718. The van der Waals surface area contributed by atoms with Gasteiger partial charge in [-0.3, -0.25) is 0 Å². The van der Waals surface area contributed by atoms with Gasteiger partial charge >= 0.3 is 0 Å². The van der Waals surface area contributed by atoms with Gasteiger partial charge in [0.05, 0.1) is 24.1 Å². The van der Waals surface area contributed by atoms with Crippen LogP contribution in [0.1, 0.15) is 30.5 Å². The van der Waals surface area contributed by atoms with Gasteiger partial charge in [-0.2, -0.15) is 0 Å². The summed E-state index contributed by atoms with van der Waals surface area (Å²) in [6, 6.07) is 4.32. The second-order valence-electron chi connectivity index (χ2n) is 6.17. The Kier molecular flexibility index (Phi) is 4.28. The summed E-state index contributed by atoms with van der Waals surface area (Å²) in [7, 11) is 0. The molecule has 0 bridgehead atoms. The lowest BCUT2D eigenvalue weighted by Crippen LogP contribution is -2.35. The van der Waals surface area contributed by atoms with E-state index in [0.717, 1.165) is 23.2 Å². The smallest absolute Gasteiger partial charge is 0.197 e. The van der Waals surface area contributed by atoms with Crippen molar-refractivity contribution in [3.8, 4) is 11.6 Å². The molecule has 132 valence electrons. The summed E-state index contributed by atoms with van der Waals surface area (Å²) in [5.74, 6) is -0.681. The van der Waals surface area contributed by atoms with Gasteiger partial charge in [0.2, 0.25) is 0 Å². The first-order chi connectivity index (χ1) is 12.7. The Morgan fingerprint density at radius 1 is 1.00 bits per heavy atom. The van der Waals surface area contributed by atoms with Crippen LogP contribution in [0.25, 0.3) is 11.6 Å². The van der Waals surface area contributed by atoms with Crippen molar-refractivity contribution in [2.24, 2.45) is 0 Å². The molecule has 3 aromatic rings. The van der Waals surface area contributed by atoms with E-state index in [1.807, 2.05) is 6.92 Å². The number of anilines is 1. The third-order valence-electron chi connectivity index (χ3n) is 4.66. The summed E-state index contributed by atoms with van der Waals surface area (Å²) in [6.07, 6.45) is 8.15. The standard InChI is InChI=1S/C19H17F2N5/c1-2-17-14-9-16(21)15(20)8-12(14)4-7-26(17)13-10-24-19(25-11-13)18-22-5-3-6-23-18/h3,5-6,8-11,17H,2,4,7H2,1H3. The van der Waals surface area contributed by atoms with Gasteiger partial charge in [-0.15, -0.1) is 0 Å². The van der Waals surface area contributed by atoms with Gasteiger partial charge in [0.25, 0.3) is 0 Å². The van der Waals surface area contributed by atoms with Gasteiger partial charge in [0.1, 0.15) is 0 Å². The molecule has 1 aliphatic heterocycles. The first-order valence-electron chi connectivity index (χ1n) is 8.51. The molecule has 5 nitrogen and oxygen atoms in total. The van der Waals surface area contributed by atoms with Gasteiger partial charge < -0.3 is 4.90 Å². The van der Waals surface area contributed by atoms with E-state index in [4.69, 9.17) is 0 Å². The number of hydrogen-bond acceptors (Lipinski definition) is 5. The number of nitrogens with zero attached hydrogens (tertiary/aromatic N) is 5. The normalized spacial score (nSPS) is 16.4. The summed E-state index contributed by atoms with van der Waals surface area (Å²) < 4.78 is 27.3. The van der Waals surface area contributed by atoms with E-state index >= 15 is 0 Å². The van der Waals surface area contributed by atoms with Gasteiger partial charge in [0.15, 0.2) is 23.3 Å². The predicted octanol–water partition coefficient (Wildman–Crippen LogP) is 3.73. The van der Waals surface area contributed by atoms with Gasteiger partial charge in [0, 0.05) is 18.9 Å². The fourth-order valence-electron chi connectivity index (χ4n) is 3.44. The van der Waals surface area contributed by atoms with Crippen LogP contribution < -0.4 is 4.90 Å². The van der Waals surface area contributed by atoms with E-state index in [0.29, 0.717) is 24.6 Å². The Balaban J connectivity index is 1.66. The van der Waals surface area contributed by atoms with Crippen molar-refractivity contribution in [1.82, 2.24) is 19.9 Å². The molecule has 4 rings (SSSR count). The van der Waals surface area contributed by atoms with Crippen LogP contribution in [-0.2, 0) is 6.42 Å². The Labute approximate surface area is 149 Å². The molecule has 0 saturated heterocycles. The third kappa shape index (κ3) is 2.89. The van der Waals surface area contributed by atoms with Crippen LogP contribution >= 0.6 is 0 Å². The first-order valence-corrected chi connectivity index (χ1v) is 8.51. The highest BCUT2D eigenvalue weighted by Crippen LogP contribution is 2.36. The summed E-state index contributed by atoms with van der Waals surface area (Å²) >= 11 is 0. The zero-order valence-electron chi connectivity index (χ0n) is 14.2. The van der Waals surface area contributed by atoms with Crippen LogP contribution in [0.15, 0.2) is 43.0 Å². The Hall–Kier alpha value is -2.96. The molecule has 0 saturated carbocycles. The van der Waals surface area contributed by atoms with E-state index in [1.165, 1.54) is 12.1 Å². The highest BCUT2D eigenvalue weighted by atomic mass is 19.2. The molecule has 1 aliphatic rings. The third-order valence-corrected chi connectivity index (χ3v) is 4.66. The first kappa shape index (κ1) is 16.5. The van der Waals surface area contributed by atoms with Crippen LogP contribution in [0.2, 0.25) is 0 Å². The maximum absolute atomic E-state index is 13.8. The topological polar surface area (TPSA) is 54.8 Å². The van der Waals surface area contributed by atoms with E-state index in [-0.39, 0.29) is 6.04 Å². The van der Waals surface area contributed by atoms with E-state index in [1.54, 1.807) is 30.9 Å². The largest absolute Gasteiger partial charge is 0.362 e. The second-order valence-corrected chi connectivity index (χ2v) is 6.17. The molecular formula is C19H17F2N5. The predicted molar refractivity (Wildman–Crippen MR) is 93.5 cm³/mol. The fraction of sp³-hybridized carbons (Fsp3) is 0.263. The highest BCUT2D eigenvalue weighted by Gasteiger charge is 2.28. The van der Waals surface area contributed by atoms with Crippen molar-refractivity contribution in [2.45, 2.75) is 25.8 Å². The average Bonchev–Trinajstić information content (AvgIpc) is 2.69. The fourth-order valence-corrected chi connectivity index (χ4v) is 3.44. The Bertz CT molecular complexity index is 915. The van der Waals surface area contributed by atoms with Crippen molar-refractivity contribution in [3.05, 3.63) is 65.7 Å². The lowest BCUT2D eigenvalue weighted by atomic mass is 9.90. The minimum Gasteiger partial charge on any atom is -0.362 e. The monoisotopic (exact) mass is 353 g/mol. The number of aromatic nitrogens is 4. The SMILES string of the molecule is CCC1c2cc(F)c(F)cc2CCN1c1cnc(-c2ncccn2)nc1. The van der Waals surface area contributed by atoms with Crippen molar-refractivity contribution < 1.29 is 8.78 Å². The molecular weight excluding hydrogens is 336 g/mol. The van der Waals surface area contributed by atoms with Crippen LogP contribution in [-0.4, -0.2) is 26.5 Å². The average molecular weight is 353 g/mol. The maximum atomic E-state index is 13.8. The van der Waals surface area contributed by atoms with E-state index < -0.39 is 11.6 Å². The van der Waals surface area contributed by atoms with Crippen molar-refractivity contribution in [1.29, 1.82) is 0 Å². The number of benzene rings is 1. The van der Waals surface area contributed by atoms with E-state index in [2.05, 4.69) is 24.8 Å². The lowest BCUT2D eigenvalue weighted by molar-refractivity contribution is 0.493. The number of hydrogen-bond donors (Lipinski definition) is 0. The van der Waals surface area contributed by atoms with E-state index in [9.17, 15) is 8.78 Å². The summed E-state index contributed by atoms with van der Waals surface area (Å²) in [6.45, 7) is 2.72. The Morgan fingerprint density at radius 2 is 1.65 bits per heavy atom. The summed E-state index contributed by atoms with van der Waals surface area (Å²) in [5.41, 5.74) is 2.53. The van der Waals surface area contributed by atoms with Crippen LogP contribution in [0, 0.1) is 11.6 Å². The number of halogens is 2. The molecule has 2 aromatic heterocycles. The molecule has 0 spiro atoms. The summed E-state index contributed by atoms with van der Waals surface area (Å²) in [4.78, 5) is 19.2. The lowest BCUT2D eigenvalue weighted by Gasteiger charge is -2.38. The molecule has 1 unspecified atom stereocenters. The Morgan fingerprint density at radius 3 is 2.35 bits per heavy atom. The molecule has 0 aliphatic carbocycles. The molecule has 7 heteroatoms. The molecule has 0 radical (unpaired) electrons.